The molecule has 160 valence electrons. The Hall–Kier alpha value is -3.45. The molecule has 1 saturated heterocycles. The molecule has 0 atom stereocenters. The molecule has 2 amide bonds. The molecule has 2 N–H and O–H groups in total. The zero-order valence-electron chi connectivity index (χ0n) is 17.1. The number of ether oxygens (including phenoxy) is 1. The second-order valence-electron chi connectivity index (χ2n) is 7.21. The molecule has 3 aromatic rings. The van der Waals surface area contributed by atoms with Gasteiger partial charge in [-0.25, -0.2) is 0 Å². The fourth-order valence-electron chi connectivity index (χ4n) is 3.54. The summed E-state index contributed by atoms with van der Waals surface area (Å²) < 4.78 is 7.29. The lowest BCUT2D eigenvalue weighted by Crippen LogP contribution is -2.47. The molecule has 0 aliphatic carbocycles. The fourth-order valence-corrected chi connectivity index (χ4v) is 3.80. The minimum absolute atomic E-state index is 0.0259. The molecule has 31 heavy (non-hydrogen) atoms. The number of anilines is 1. The predicted molar refractivity (Wildman–Crippen MR) is 120 cm³/mol. The lowest BCUT2D eigenvalue weighted by Gasteiger charge is -2.28. The van der Waals surface area contributed by atoms with Crippen LogP contribution in [0.25, 0.3) is 5.69 Å². The Labute approximate surface area is 185 Å². The number of rotatable bonds is 6. The van der Waals surface area contributed by atoms with Crippen LogP contribution in [0.5, 0.6) is 5.75 Å². The minimum Gasteiger partial charge on any atom is -0.496 e. The number of benzene rings is 2. The number of carbonyl (C=O) groups is 2. The van der Waals surface area contributed by atoms with Gasteiger partial charge in [0.25, 0.3) is 5.91 Å². The molecule has 2 heterocycles. The quantitative estimate of drug-likeness (QED) is 0.620. The molecule has 1 aromatic heterocycles. The van der Waals surface area contributed by atoms with Gasteiger partial charge in [-0.15, -0.1) is 0 Å². The van der Waals surface area contributed by atoms with Gasteiger partial charge in [-0.3, -0.25) is 9.59 Å². The number of piperazine rings is 1. The maximum Gasteiger partial charge on any atom is 0.255 e. The number of amides is 2. The van der Waals surface area contributed by atoms with Gasteiger partial charge in [-0.1, -0.05) is 23.7 Å². The Bertz CT molecular complexity index is 1080. The average Bonchev–Trinajstić information content (AvgIpc) is 3.32. The number of hydrogen-bond acceptors (Lipinski definition) is 4. The smallest absolute Gasteiger partial charge is 0.255 e. The monoisotopic (exact) mass is 438 g/mol. The first-order chi connectivity index (χ1) is 15.0. The van der Waals surface area contributed by atoms with E-state index in [4.69, 9.17) is 16.3 Å². The van der Waals surface area contributed by atoms with Crippen molar-refractivity contribution >= 4 is 29.1 Å². The molecule has 0 radical (unpaired) electrons. The second-order valence-corrected chi connectivity index (χ2v) is 7.62. The minimum atomic E-state index is -0.269. The Morgan fingerprint density at radius 2 is 1.94 bits per heavy atom. The van der Waals surface area contributed by atoms with Gasteiger partial charge in [-0.2, -0.15) is 0 Å². The number of nitrogens with one attached hydrogen (secondary N) is 2. The van der Waals surface area contributed by atoms with E-state index in [9.17, 15) is 9.59 Å². The van der Waals surface area contributed by atoms with Gasteiger partial charge in [0, 0.05) is 43.8 Å². The van der Waals surface area contributed by atoms with Crippen LogP contribution >= 0.6 is 11.6 Å². The Kier molecular flexibility index (Phi) is 6.13. The highest BCUT2D eigenvalue weighted by atomic mass is 35.5. The summed E-state index contributed by atoms with van der Waals surface area (Å²) in [5.74, 6) is 0.205. The van der Waals surface area contributed by atoms with E-state index in [1.807, 2.05) is 58.3 Å². The highest BCUT2D eigenvalue weighted by Crippen LogP contribution is 2.30. The Morgan fingerprint density at radius 3 is 2.61 bits per heavy atom. The summed E-state index contributed by atoms with van der Waals surface area (Å²) in [5, 5.41) is 6.19. The largest absolute Gasteiger partial charge is 0.496 e. The molecule has 1 aliphatic heterocycles. The first kappa shape index (κ1) is 20.8. The van der Waals surface area contributed by atoms with Gasteiger partial charge in [0.1, 0.15) is 5.75 Å². The molecule has 0 saturated carbocycles. The summed E-state index contributed by atoms with van der Waals surface area (Å²) in [4.78, 5) is 26.4. The highest BCUT2D eigenvalue weighted by molar-refractivity contribution is 6.33. The van der Waals surface area contributed by atoms with Gasteiger partial charge < -0.3 is 24.8 Å². The van der Waals surface area contributed by atoms with Crippen LogP contribution in [0.4, 0.5) is 5.69 Å². The van der Waals surface area contributed by atoms with Crippen molar-refractivity contribution in [2.75, 3.05) is 31.6 Å². The van der Waals surface area contributed by atoms with Crippen molar-refractivity contribution in [1.29, 1.82) is 0 Å². The lowest BCUT2D eigenvalue weighted by atomic mass is 10.1. The van der Waals surface area contributed by atoms with E-state index in [-0.39, 0.29) is 11.8 Å². The van der Waals surface area contributed by atoms with Crippen molar-refractivity contribution in [3.63, 3.8) is 0 Å². The molecular formula is C23H23ClN4O3. The molecule has 0 spiro atoms. The van der Waals surface area contributed by atoms with E-state index in [1.54, 1.807) is 12.1 Å². The Balaban J connectivity index is 1.44. The van der Waals surface area contributed by atoms with Gasteiger partial charge >= 0.3 is 0 Å². The lowest BCUT2D eigenvalue weighted by molar-refractivity contribution is -0.120. The van der Waals surface area contributed by atoms with E-state index >= 15 is 0 Å². The topological polar surface area (TPSA) is 75.6 Å². The van der Waals surface area contributed by atoms with E-state index in [1.165, 1.54) is 7.11 Å². The van der Waals surface area contributed by atoms with Gasteiger partial charge in [0.05, 0.1) is 29.9 Å². The van der Waals surface area contributed by atoms with Crippen LogP contribution in [-0.2, 0) is 11.3 Å². The third-order valence-electron chi connectivity index (χ3n) is 5.19. The van der Waals surface area contributed by atoms with E-state index < -0.39 is 0 Å². The summed E-state index contributed by atoms with van der Waals surface area (Å²) in [6.07, 6.45) is 3.75. The highest BCUT2D eigenvalue weighted by Gasteiger charge is 2.18. The molecular weight excluding hydrogens is 416 g/mol. The predicted octanol–water partition coefficient (Wildman–Crippen LogP) is 3.01. The first-order valence-electron chi connectivity index (χ1n) is 9.95. The van der Waals surface area contributed by atoms with Crippen LogP contribution in [0.1, 0.15) is 15.9 Å². The number of aromatic nitrogens is 1. The third-order valence-corrected chi connectivity index (χ3v) is 5.49. The van der Waals surface area contributed by atoms with Crippen molar-refractivity contribution in [1.82, 2.24) is 15.2 Å². The fraction of sp³-hybridized carbons (Fsp3) is 0.217. The summed E-state index contributed by atoms with van der Waals surface area (Å²) in [5.41, 5.74) is 3.05. The zero-order chi connectivity index (χ0) is 21.8. The molecule has 0 bridgehead atoms. The van der Waals surface area contributed by atoms with Crippen molar-refractivity contribution in [3.05, 3.63) is 77.1 Å². The van der Waals surface area contributed by atoms with Crippen LogP contribution in [0.2, 0.25) is 5.02 Å². The standard InChI is InChI=1S/C23H23ClN4O3/c1-31-21-13-20(27-9-2-3-10-27)19(24)12-18(21)23(30)26-14-16-4-6-17(7-5-16)28-11-8-25-22(29)15-28/h2-7,9-10,12-13H,8,11,14-15H2,1H3,(H,25,29)(H,26,30). The SMILES string of the molecule is COc1cc(-n2cccc2)c(Cl)cc1C(=O)NCc1ccc(N2CCNC(=O)C2)cc1. The Morgan fingerprint density at radius 1 is 1.19 bits per heavy atom. The zero-order valence-corrected chi connectivity index (χ0v) is 17.9. The van der Waals surface area contributed by atoms with Crippen molar-refractivity contribution < 1.29 is 14.3 Å². The summed E-state index contributed by atoms with van der Waals surface area (Å²) in [6, 6.07) is 15.0. The van der Waals surface area contributed by atoms with Crippen molar-refractivity contribution in [3.8, 4) is 11.4 Å². The summed E-state index contributed by atoms with van der Waals surface area (Å²) >= 11 is 6.42. The van der Waals surface area contributed by atoms with Crippen LogP contribution in [0.15, 0.2) is 60.9 Å². The number of halogens is 1. The van der Waals surface area contributed by atoms with Gasteiger partial charge in [-0.05, 0) is 35.9 Å². The van der Waals surface area contributed by atoms with Crippen LogP contribution in [0, 0.1) is 0 Å². The first-order valence-corrected chi connectivity index (χ1v) is 10.3. The van der Waals surface area contributed by atoms with E-state index in [0.29, 0.717) is 36.0 Å². The number of methoxy groups -OCH3 is 1. The molecule has 2 aromatic carbocycles. The number of hydrogen-bond donors (Lipinski definition) is 2. The molecule has 7 nitrogen and oxygen atoms in total. The van der Waals surface area contributed by atoms with Gasteiger partial charge in [0.2, 0.25) is 5.91 Å². The normalized spacial score (nSPS) is 13.6. The second kappa shape index (κ2) is 9.14. The third kappa shape index (κ3) is 4.67. The molecule has 1 fully saturated rings. The molecule has 0 unspecified atom stereocenters. The summed E-state index contributed by atoms with van der Waals surface area (Å²) in [7, 11) is 1.53. The molecule has 8 heteroatoms. The van der Waals surface area contributed by atoms with Crippen LogP contribution in [0.3, 0.4) is 0 Å². The number of carbonyl (C=O) groups excluding carboxylic acids is 2. The molecule has 1 aliphatic rings. The maximum absolute atomic E-state index is 12.8. The van der Waals surface area contributed by atoms with Gasteiger partial charge in [0.15, 0.2) is 0 Å². The average molecular weight is 439 g/mol. The van der Waals surface area contributed by atoms with Crippen LogP contribution in [-0.4, -0.2) is 43.1 Å². The summed E-state index contributed by atoms with van der Waals surface area (Å²) in [6.45, 7) is 2.14. The van der Waals surface area contributed by atoms with Crippen LogP contribution < -0.4 is 20.3 Å². The van der Waals surface area contributed by atoms with E-state index in [2.05, 4.69) is 10.6 Å². The van der Waals surface area contributed by atoms with Crippen molar-refractivity contribution in [2.24, 2.45) is 0 Å². The number of nitrogens with zero attached hydrogens (tertiary/aromatic N) is 2. The van der Waals surface area contributed by atoms with E-state index in [0.717, 1.165) is 23.5 Å². The van der Waals surface area contributed by atoms with Crippen molar-refractivity contribution in [2.45, 2.75) is 6.54 Å². The maximum atomic E-state index is 12.8. The molecule has 4 rings (SSSR count).